The third kappa shape index (κ3) is 3.66. The quantitative estimate of drug-likeness (QED) is 0.562. The Morgan fingerprint density at radius 2 is 1.46 bits per heavy atom. The third-order valence-electron chi connectivity index (χ3n) is 6.02. The Bertz CT molecular complexity index is 659. The first-order chi connectivity index (χ1) is 12.4. The van der Waals surface area contributed by atoms with E-state index >= 15 is 0 Å². The molecular formula is C23H32O2Si. The summed E-state index contributed by atoms with van der Waals surface area (Å²) in [5.74, 6) is 0.511. The number of hydrogen-bond donors (Lipinski definition) is 1. The van der Waals surface area contributed by atoms with Crippen molar-refractivity contribution in [3.8, 4) is 0 Å². The Morgan fingerprint density at radius 1 is 1.00 bits per heavy atom. The number of benzene rings is 2. The van der Waals surface area contributed by atoms with Crippen LogP contribution in [0.15, 0.2) is 60.7 Å². The normalized spacial score (nSPS) is 21.4. The molecule has 2 aromatic carbocycles. The molecule has 140 valence electrons. The molecule has 1 aliphatic heterocycles. The molecule has 1 fully saturated rings. The van der Waals surface area contributed by atoms with Crippen molar-refractivity contribution in [3.05, 3.63) is 60.7 Å². The molecule has 0 radical (unpaired) electrons. The van der Waals surface area contributed by atoms with E-state index in [1.807, 2.05) is 36.4 Å². The molecule has 0 amide bonds. The lowest BCUT2D eigenvalue weighted by molar-refractivity contribution is 0.270. The maximum absolute atomic E-state index is 12.3. The maximum atomic E-state index is 12.3. The van der Waals surface area contributed by atoms with Crippen LogP contribution in [0.2, 0.25) is 5.04 Å². The zero-order valence-corrected chi connectivity index (χ0v) is 17.5. The average Bonchev–Trinajstić information content (AvgIpc) is 3.38. The molecule has 1 N–H and O–H groups in total. The molecule has 1 heterocycles. The largest absolute Gasteiger partial charge is 0.424 e. The minimum atomic E-state index is -2.92. The molecule has 0 aliphatic carbocycles. The van der Waals surface area contributed by atoms with Gasteiger partial charge in [0.2, 0.25) is 0 Å². The second kappa shape index (κ2) is 7.67. The van der Waals surface area contributed by atoms with E-state index in [2.05, 4.69) is 52.0 Å². The molecule has 3 atom stereocenters. The fourth-order valence-electron chi connectivity index (χ4n) is 4.56. The van der Waals surface area contributed by atoms with E-state index in [4.69, 9.17) is 4.74 Å². The molecule has 3 unspecified atom stereocenters. The predicted molar refractivity (Wildman–Crippen MR) is 112 cm³/mol. The summed E-state index contributed by atoms with van der Waals surface area (Å²) in [5.41, 5.74) is 0. The summed E-state index contributed by atoms with van der Waals surface area (Å²) < 4.78 is 5.84. The maximum Gasteiger partial charge on any atom is 0.258 e. The molecule has 1 saturated heterocycles. The van der Waals surface area contributed by atoms with Gasteiger partial charge in [0, 0.05) is 0 Å². The van der Waals surface area contributed by atoms with Gasteiger partial charge in [0.15, 0.2) is 0 Å². The molecule has 0 aromatic heterocycles. The van der Waals surface area contributed by atoms with Crippen LogP contribution in [0.5, 0.6) is 0 Å². The fourth-order valence-corrected chi connectivity index (χ4v) is 8.36. The summed E-state index contributed by atoms with van der Waals surface area (Å²) in [6.45, 7) is 8.92. The topological polar surface area (TPSA) is 32.8 Å². The van der Waals surface area contributed by atoms with Crippen LogP contribution in [0.1, 0.15) is 47.0 Å². The molecule has 1 aliphatic rings. The van der Waals surface area contributed by atoms with Crippen molar-refractivity contribution < 1.29 is 9.53 Å². The van der Waals surface area contributed by atoms with Gasteiger partial charge in [-0.25, -0.2) is 0 Å². The van der Waals surface area contributed by atoms with Gasteiger partial charge < -0.3 is 9.53 Å². The van der Waals surface area contributed by atoms with E-state index in [9.17, 15) is 4.80 Å². The van der Waals surface area contributed by atoms with Gasteiger partial charge in [-0.15, -0.1) is 0 Å². The highest BCUT2D eigenvalue weighted by molar-refractivity contribution is 6.98. The number of ether oxygens (including phenoxy) is 1. The minimum Gasteiger partial charge on any atom is -0.424 e. The van der Waals surface area contributed by atoms with Gasteiger partial charge in [-0.1, -0.05) is 87.9 Å². The van der Waals surface area contributed by atoms with Crippen molar-refractivity contribution in [3.63, 3.8) is 0 Å². The highest BCUT2D eigenvalue weighted by Crippen LogP contribution is 2.46. The minimum absolute atomic E-state index is 0.193. The Labute approximate surface area is 159 Å². The Hall–Kier alpha value is -1.42. The van der Waals surface area contributed by atoms with Crippen LogP contribution in [0.25, 0.3) is 0 Å². The van der Waals surface area contributed by atoms with E-state index in [0.29, 0.717) is 18.1 Å². The van der Waals surface area contributed by atoms with Gasteiger partial charge >= 0.3 is 0 Å². The second-order valence-corrected chi connectivity index (χ2v) is 12.3. The van der Waals surface area contributed by atoms with Gasteiger partial charge in [0.25, 0.3) is 8.32 Å². The summed E-state index contributed by atoms with van der Waals surface area (Å²) in [7, 11) is -2.92. The van der Waals surface area contributed by atoms with Crippen molar-refractivity contribution >= 4 is 18.7 Å². The summed E-state index contributed by atoms with van der Waals surface area (Å²) in [4.78, 5) is 12.3. The lowest BCUT2D eigenvalue weighted by atomic mass is 9.88. The monoisotopic (exact) mass is 368 g/mol. The van der Waals surface area contributed by atoms with Crippen LogP contribution in [-0.4, -0.2) is 25.3 Å². The molecule has 26 heavy (non-hydrogen) atoms. The van der Waals surface area contributed by atoms with E-state index < -0.39 is 8.32 Å². The molecule has 0 spiro atoms. The van der Waals surface area contributed by atoms with Crippen molar-refractivity contribution in [2.24, 2.45) is 5.92 Å². The average molecular weight is 369 g/mol. The van der Waals surface area contributed by atoms with Crippen molar-refractivity contribution in [1.29, 1.82) is 0 Å². The van der Waals surface area contributed by atoms with Crippen molar-refractivity contribution in [1.82, 2.24) is 0 Å². The third-order valence-corrected chi connectivity index (χ3v) is 10.5. The van der Waals surface area contributed by atoms with E-state index in [0.717, 1.165) is 29.6 Å². The first-order valence-electron chi connectivity index (χ1n) is 9.89. The van der Waals surface area contributed by atoms with Crippen LogP contribution in [0, 0.1) is 5.92 Å². The molecule has 2 aromatic rings. The highest BCUT2D eigenvalue weighted by Gasteiger charge is 2.53. The van der Waals surface area contributed by atoms with Crippen LogP contribution in [0.3, 0.4) is 0 Å². The number of hydrogen-bond acceptors (Lipinski definition) is 2. The highest BCUT2D eigenvalue weighted by atomic mass is 28.4. The predicted octanol–water partition coefficient (Wildman–Crippen LogP) is 4.11. The van der Waals surface area contributed by atoms with E-state index in [1.54, 1.807) is 0 Å². The molecule has 0 saturated carbocycles. The molecular weight excluding hydrogens is 336 g/mol. The van der Waals surface area contributed by atoms with E-state index in [1.165, 1.54) is 0 Å². The zero-order chi connectivity index (χ0) is 18.8. The summed E-state index contributed by atoms with van der Waals surface area (Å²) in [6.07, 6.45) is 4.03. The van der Waals surface area contributed by atoms with Crippen LogP contribution < -0.4 is 10.4 Å². The second-order valence-electron chi connectivity index (χ2n) is 8.39. The number of epoxide rings is 1. The molecule has 3 heteroatoms. The summed E-state index contributed by atoms with van der Waals surface area (Å²) in [5, 5.41) is 1.99. The van der Waals surface area contributed by atoms with Gasteiger partial charge in [-0.3, -0.25) is 0 Å². The van der Waals surface area contributed by atoms with Gasteiger partial charge in [0.05, 0.1) is 12.2 Å². The molecule has 0 bridgehead atoms. The van der Waals surface area contributed by atoms with Gasteiger partial charge in [-0.2, -0.15) is 0 Å². The lowest BCUT2D eigenvalue weighted by Gasteiger charge is -2.43. The first-order valence-corrected chi connectivity index (χ1v) is 11.8. The van der Waals surface area contributed by atoms with Crippen LogP contribution >= 0.6 is 0 Å². The zero-order valence-electron chi connectivity index (χ0n) is 16.5. The van der Waals surface area contributed by atoms with Crippen molar-refractivity contribution in [2.75, 3.05) is 0 Å². The molecule has 3 rings (SSSR count). The summed E-state index contributed by atoms with van der Waals surface area (Å²) >= 11 is 0. The van der Waals surface area contributed by atoms with Gasteiger partial charge in [0.1, 0.15) is 0 Å². The van der Waals surface area contributed by atoms with Crippen LogP contribution in [-0.2, 0) is 4.74 Å². The molecule has 2 nitrogen and oxygen atoms in total. The lowest BCUT2D eigenvalue weighted by Crippen LogP contribution is -2.65. The van der Waals surface area contributed by atoms with Gasteiger partial charge in [-0.05, 0) is 41.1 Å². The fraction of sp³-hybridized carbons (Fsp3) is 0.478. The van der Waals surface area contributed by atoms with E-state index in [-0.39, 0.29) is 5.04 Å². The first kappa shape index (κ1) is 19.3. The SMILES string of the molecule is CCCC(CC(C)(C)[Si](O)(c1ccccc1)c1ccccc1)C1OC1C. The van der Waals surface area contributed by atoms with Crippen LogP contribution in [0.4, 0.5) is 0 Å². The number of rotatable bonds is 8. The Morgan fingerprint density at radius 3 is 1.85 bits per heavy atom. The smallest absolute Gasteiger partial charge is 0.258 e. The standard InChI is InChI=1S/C23H32O2Si/c1-5-12-19(22-18(2)25-22)17-23(3,4)26(24,20-13-8-6-9-14-20)21-15-10-7-11-16-21/h6-11,13-16,18-19,22,24H,5,12,17H2,1-4H3. The summed E-state index contributed by atoms with van der Waals surface area (Å²) in [6, 6.07) is 20.6. The Kier molecular flexibility index (Phi) is 5.71. The Balaban J connectivity index is 2.00. The van der Waals surface area contributed by atoms with Crippen molar-refractivity contribution in [2.45, 2.75) is 64.2 Å².